The van der Waals surface area contributed by atoms with E-state index in [1.54, 1.807) is 24.3 Å². The van der Waals surface area contributed by atoms with Gasteiger partial charge in [-0.05, 0) is 67.3 Å². The van der Waals surface area contributed by atoms with Crippen LogP contribution in [-0.4, -0.2) is 31.7 Å². The van der Waals surface area contributed by atoms with Gasteiger partial charge in [0.2, 0.25) is 15.9 Å². The molecule has 166 valence electrons. The number of benzene rings is 2. The van der Waals surface area contributed by atoms with Crippen LogP contribution in [0.1, 0.15) is 54.5 Å². The van der Waals surface area contributed by atoms with E-state index < -0.39 is 10.0 Å². The zero-order chi connectivity index (χ0) is 22.0. The molecule has 0 bridgehead atoms. The molecule has 1 aliphatic carbocycles. The molecule has 2 aliphatic rings. The number of hydrogen-bond acceptors (Lipinski definition) is 3. The van der Waals surface area contributed by atoms with Gasteiger partial charge in [-0.1, -0.05) is 48.0 Å². The van der Waals surface area contributed by atoms with E-state index in [0.717, 1.165) is 18.4 Å². The molecular weight excluding hydrogens is 432 g/mol. The van der Waals surface area contributed by atoms with E-state index in [9.17, 15) is 13.2 Å². The van der Waals surface area contributed by atoms with Gasteiger partial charge < -0.3 is 5.32 Å². The summed E-state index contributed by atoms with van der Waals surface area (Å²) in [6, 6.07) is 13.5. The first-order valence-electron chi connectivity index (χ1n) is 11.0. The van der Waals surface area contributed by atoms with Gasteiger partial charge in [-0.3, -0.25) is 4.79 Å². The Morgan fingerprint density at radius 2 is 1.84 bits per heavy atom. The van der Waals surface area contributed by atoms with Gasteiger partial charge in [-0.25, -0.2) is 12.7 Å². The monoisotopic (exact) mass is 460 g/mol. The van der Waals surface area contributed by atoms with Crippen LogP contribution in [0.5, 0.6) is 0 Å². The van der Waals surface area contributed by atoms with Crippen molar-refractivity contribution in [3.63, 3.8) is 0 Å². The maximum atomic E-state index is 12.8. The fourth-order valence-electron chi connectivity index (χ4n) is 4.58. The minimum Gasteiger partial charge on any atom is -0.349 e. The molecule has 1 N–H and O–H groups in total. The van der Waals surface area contributed by atoms with E-state index in [4.69, 9.17) is 11.6 Å². The van der Waals surface area contributed by atoms with E-state index in [1.807, 2.05) is 6.92 Å². The number of aryl methyl sites for hydroxylation is 2. The summed E-state index contributed by atoms with van der Waals surface area (Å²) in [5.74, 6) is -0.265. The summed E-state index contributed by atoms with van der Waals surface area (Å²) in [4.78, 5) is 12.8. The lowest BCUT2D eigenvalue weighted by Gasteiger charge is -2.31. The predicted molar refractivity (Wildman–Crippen MR) is 123 cm³/mol. The fourth-order valence-corrected chi connectivity index (χ4v) is 6.45. The average Bonchev–Trinajstić information content (AvgIpc) is 3.23. The maximum Gasteiger partial charge on any atom is 0.223 e. The van der Waals surface area contributed by atoms with Crippen LogP contribution in [0.4, 0.5) is 0 Å². The summed E-state index contributed by atoms with van der Waals surface area (Å²) in [5, 5.41) is 3.59. The molecule has 1 amide bonds. The molecule has 1 fully saturated rings. The largest absolute Gasteiger partial charge is 0.349 e. The zero-order valence-corrected chi connectivity index (χ0v) is 19.4. The number of carbonyl (C=O) groups excluding carboxylic acids is 1. The van der Waals surface area contributed by atoms with Crippen LogP contribution in [-0.2, 0) is 33.4 Å². The second kappa shape index (κ2) is 9.31. The zero-order valence-electron chi connectivity index (χ0n) is 17.8. The third-order valence-electron chi connectivity index (χ3n) is 6.50. The molecule has 7 heteroatoms. The first-order chi connectivity index (χ1) is 14.8. The van der Waals surface area contributed by atoms with Gasteiger partial charge in [0.15, 0.2) is 0 Å². The Hall–Kier alpha value is -1.89. The van der Waals surface area contributed by atoms with Crippen LogP contribution in [0, 0.1) is 5.92 Å². The number of nitrogens with zero attached hydrogens (tertiary/aromatic N) is 1. The van der Waals surface area contributed by atoms with E-state index in [1.165, 1.54) is 21.9 Å². The van der Waals surface area contributed by atoms with E-state index >= 15 is 0 Å². The third kappa shape index (κ3) is 5.13. The summed E-state index contributed by atoms with van der Waals surface area (Å²) in [6.07, 6.45) is 4.53. The maximum absolute atomic E-state index is 12.8. The number of piperidine rings is 1. The van der Waals surface area contributed by atoms with E-state index in [2.05, 4.69) is 23.5 Å². The Labute approximate surface area is 189 Å². The van der Waals surface area contributed by atoms with Crippen molar-refractivity contribution in [2.75, 3.05) is 13.1 Å². The highest BCUT2D eigenvalue weighted by molar-refractivity contribution is 7.88. The van der Waals surface area contributed by atoms with Crippen LogP contribution in [0.3, 0.4) is 0 Å². The van der Waals surface area contributed by atoms with E-state index in [-0.39, 0.29) is 23.6 Å². The van der Waals surface area contributed by atoms with Gasteiger partial charge in [-0.15, -0.1) is 0 Å². The van der Waals surface area contributed by atoms with Crippen LogP contribution in [0.25, 0.3) is 0 Å². The minimum absolute atomic E-state index is 0.0103. The lowest BCUT2D eigenvalue weighted by Crippen LogP contribution is -2.43. The number of rotatable bonds is 6. The number of fused-ring (bicyclic) bond motifs is 1. The number of amides is 1. The molecule has 1 aliphatic heterocycles. The van der Waals surface area contributed by atoms with E-state index in [0.29, 0.717) is 36.5 Å². The molecular formula is C24H29ClN2O3S. The molecule has 1 heterocycles. The highest BCUT2D eigenvalue weighted by Crippen LogP contribution is 2.27. The van der Waals surface area contributed by atoms with Crippen molar-refractivity contribution in [1.82, 2.24) is 9.62 Å². The van der Waals surface area contributed by atoms with Crippen molar-refractivity contribution in [3.05, 3.63) is 69.7 Å². The number of halogens is 1. The molecule has 1 saturated heterocycles. The number of nitrogens with one attached hydrogen (secondary N) is 1. The van der Waals surface area contributed by atoms with Crippen molar-refractivity contribution in [1.29, 1.82) is 0 Å². The van der Waals surface area contributed by atoms with Gasteiger partial charge >= 0.3 is 0 Å². The first kappa shape index (κ1) is 22.3. The van der Waals surface area contributed by atoms with Crippen molar-refractivity contribution >= 4 is 27.5 Å². The van der Waals surface area contributed by atoms with Crippen LogP contribution in [0.2, 0.25) is 5.02 Å². The Morgan fingerprint density at radius 1 is 1.13 bits per heavy atom. The Balaban J connectivity index is 1.32. The molecule has 4 rings (SSSR count). The summed E-state index contributed by atoms with van der Waals surface area (Å²) >= 11 is 6.13. The van der Waals surface area contributed by atoms with Gasteiger partial charge in [0.25, 0.3) is 0 Å². The lowest BCUT2D eigenvalue weighted by molar-refractivity contribution is -0.126. The number of hydrogen-bond donors (Lipinski definition) is 1. The summed E-state index contributed by atoms with van der Waals surface area (Å²) in [5.41, 5.74) is 4.56. The molecule has 0 saturated carbocycles. The SMILES string of the molecule is CC(NC(=O)C1CCN(S(=O)(=O)Cc2ccccc2Cl)CC1)c1ccc2c(c1)CCC2. The topological polar surface area (TPSA) is 66.5 Å². The molecule has 1 unspecified atom stereocenters. The van der Waals surface area contributed by atoms with Crippen LogP contribution >= 0.6 is 11.6 Å². The average molecular weight is 461 g/mol. The molecule has 5 nitrogen and oxygen atoms in total. The molecule has 31 heavy (non-hydrogen) atoms. The van der Waals surface area contributed by atoms with Crippen molar-refractivity contribution < 1.29 is 13.2 Å². The van der Waals surface area contributed by atoms with Crippen LogP contribution < -0.4 is 5.32 Å². The highest BCUT2D eigenvalue weighted by atomic mass is 35.5. The normalized spacial score (nSPS) is 18.5. The number of sulfonamides is 1. The highest BCUT2D eigenvalue weighted by Gasteiger charge is 2.32. The standard InChI is InChI=1S/C24H29ClN2O3S/c1-17(20-10-9-18-6-4-7-21(18)15-20)26-24(28)19-11-13-27(14-12-19)31(29,30)16-22-5-2-3-8-23(22)25/h2-3,5,8-10,15,17,19H,4,6-7,11-14,16H2,1H3,(H,26,28). The Bertz CT molecular complexity index is 1060. The smallest absolute Gasteiger partial charge is 0.223 e. The molecule has 2 aromatic carbocycles. The predicted octanol–water partition coefficient (Wildman–Crippen LogP) is 4.25. The summed E-state index contributed by atoms with van der Waals surface area (Å²) in [6.45, 7) is 2.73. The Morgan fingerprint density at radius 3 is 2.58 bits per heavy atom. The number of carbonyl (C=O) groups is 1. The van der Waals surface area contributed by atoms with Crippen LogP contribution in [0.15, 0.2) is 42.5 Å². The fraction of sp³-hybridized carbons (Fsp3) is 0.458. The lowest BCUT2D eigenvalue weighted by atomic mass is 9.96. The molecule has 2 aromatic rings. The summed E-state index contributed by atoms with van der Waals surface area (Å²) in [7, 11) is -3.46. The molecule has 1 atom stereocenters. The molecule has 0 radical (unpaired) electrons. The van der Waals surface area contributed by atoms with Crippen molar-refractivity contribution in [2.24, 2.45) is 5.92 Å². The van der Waals surface area contributed by atoms with Gasteiger partial charge in [0.1, 0.15) is 0 Å². The van der Waals surface area contributed by atoms with Gasteiger partial charge in [0, 0.05) is 24.0 Å². The first-order valence-corrected chi connectivity index (χ1v) is 13.0. The molecule has 0 aromatic heterocycles. The summed E-state index contributed by atoms with van der Waals surface area (Å²) < 4.78 is 27.1. The third-order valence-corrected chi connectivity index (χ3v) is 8.69. The Kier molecular flexibility index (Phi) is 6.70. The quantitative estimate of drug-likeness (QED) is 0.700. The van der Waals surface area contributed by atoms with Crippen molar-refractivity contribution in [3.8, 4) is 0 Å². The minimum atomic E-state index is -3.46. The van der Waals surface area contributed by atoms with Crippen molar-refractivity contribution in [2.45, 2.75) is 50.8 Å². The van der Waals surface area contributed by atoms with Gasteiger partial charge in [-0.2, -0.15) is 0 Å². The van der Waals surface area contributed by atoms with Gasteiger partial charge in [0.05, 0.1) is 11.8 Å². The second-order valence-electron chi connectivity index (χ2n) is 8.63. The molecule has 0 spiro atoms. The second-order valence-corrected chi connectivity index (χ2v) is 11.0.